The molecule has 0 aliphatic rings. The minimum Gasteiger partial charge on any atom is -0.478 e. The van der Waals surface area contributed by atoms with Crippen molar-refractivity contribution in [3.63, 3.8) is 0 Å². The maximum atomic E-state index is 10.6. The highest BCUT2D eigenvalue weighted by Crippen LogP contribution is 2.30. The van der Waals surface area contributed by atoms with Crippen molar-refractivity contribution in [1.29, 1.82) is 0 Å². The normalized spacial score (nSPS) is 10.7. The third-order valence-corrected chi connectivity index (χ3v) is 2.86. The van der Waals surface area contributed by atoms with Gasteiger partial charge >= 0.3 is 5.97 Å². The molecule has 0 spiro atoms. The van der Waals surface area contributed by atoms with Crippen LogP contribution in [0.15, 0.2) is 54.6 Å². The molecule has 0 aliphatic carbocycles. The molecule has 18 heavy (non-hydrogen) atoms. The van der Waals surface area contributed by atoms with E-state index in [1.807, 2.05) is 48.5 Å². The summed E-state index contributed by atoms with van der Waals surface area (Å²) in [4.78, 5) is 10.6. The molecule has 0 radical (unpaired) electrons. The molecule has 0 aromatic heterocycles. The van der Waals surface area contributed by atoms with Gasteiger partial charge in [0.2, 0.25) is 0 Å². The Bertz CT molecular complexity index is 603. The van der Waals surface area contributed by atoms with Gasteiger partial charge in [-0.25, -0.2) is 4.79 Å². The van der Waals surface area contributed by atoms with Crippen LogP contribution in [0.2, 0.25) is 5.02 Å². The lowest BCUT2D eigenvalue weighted by atomic mass is 9.99. The Kier molecular flexibility index (Phi) is 3.80. The summed E-state index contributed by atoms with van der Waals surface area (Å²) in [5.41, 5.74) is 2.64. The molecule has 90 valence electrons. The van der Waals surface area contributed by atoms with E-state index in [4.69, 9.17) is 16.7 Å². The van der Waals surface area contributed by atoms with Crippen molar-refractivity contribution < 1.29 is 9.90 Å². The fourth-order valence-corrected chi connectivity index (χ4v) is 1.97. The van der Waals surface area contributed by atoms with Gasteiger partial charge in [-0.1, -0.05) is 54.1 Å². The van der Waals surface area contributed by atoms with E-state index in [0.717, 1.165) is 22.8 Å². The van der Waals surface area contributed by atoms with E-state index in [0.29, 0.717) is 5.02 Å². The van der Waals surface area contributed by atoms with Crippen molar-refractivity contribution in [1.82, 2.24) is 0 Å². The molecule has 3 heteroatoms. The fraction of sp³-hybridized carbons (Fsp3) is 0. The second kappa shape index (κ2) is 5.52. The van der Waals surface area contributed by atoms with Crippen LogP contribution in [-0.4, -0.2) is 11.1 Å². The predicted molar refractivity (Wildman–Crippen MR) is 73.6 cm³/mol. The molecule has 0 atom stereocenters. The number of rotatable bonds is 3. The second-order valence-corrected chi connectivity index (χ2v) is 4.15. The molecule has 0 aliphatic heterocycles. The Balaban J connectivity index is 2.52. The van der Waals surface area contributed by atoms with E-state index < -0.39 is 5.97 Å². The zero-order valence-corrected chi connectivity index (χ0v) is 10.3. The van der Waals surface area contributed by atoms with Crippen LogP contribution >= 0.6 is 11.6 Å². The van der Waals surface area contributed by atoms with Gasteiger partial charge in [-0.15, -0.1) is 0 Å². The van der Waals surface area contributed by atoms with Gasteiger partial charge in [0.1, 0.15) is 0 Å². The molecule has 0 bridgehead atoms. The first kappa shape index (κ1) is 12.4. The van der Waals surface area contributed by atoms with Crippen molar-refractivity contribution in [3.8, 4) is 11.1 Å². The maximum absolute atomic E-state index is 10.6. The maximum Gasteiger partial charge on any atom is 0.328 e. The number of aliphatic carboxylic acids is 1. The minimum atomic E-state index is -0.969. The monoisotopic (exact) mass is 258 g/mol. The lowest BCUT2D eigenvalue weighted by Crippen LogP contribution is -1.88. The molecule has 0 unspecified atom stereocenters. The van der Waals surface area contributed by atoms with Gasteiger partial charge in [0.15, 0.2) is 0 Å². The molecular formula is C15H11ClO2. The summed E-state index contributed by atoms with van der Waals surface area (Å²) < 4.78 is 0. The Morgan fingerprint density at radius 2 is 1.61 bits per heavy atom. The van der Waals surface area contributed by atoms with Gasteiger partial charge < -0.3 is 5.11 Å². The number of carbonyl (C=O) groups is 1. The highest BCUT2D eigenvalue weighted by molar-refractivity contribution is 6.33. The SMILES string of the molecule is O=C(O)/C=C/c1ccccc1-c1ccccc1Cl. The number of hydrogen-bond acceptors (Lipinski definition) is 1. The Labute approximate surface area is 110 Å². The number of carboxylic acids is 1. The van der Waals surface area contributed by atoms with Crippen LogP contribution in [0.1, 0.15) is 5.56 Å². The van der Waals surface area contributed by atoms with Crippen molar-refractivity contribution in [2.75, 3.05) is 0 Å². The van der Waals surface area contributed by atoms with Gasteiger partial charge in [-0.05, 0) is 23.3 Å². The summed E-state index contributed by atoms with van der Waals surface area (Å²) >= 11 is 6.15. The van der Waals surface area contributed by atoms with E-state index in [1.165, 1.54) is 0 Å². The van der Waals surface area contributed by atoms with Gasteiger partial charge in [0.25, 0.3) is 0 Å². The number of hydrogen-bond donors (Lipinski definition) is 1. The summed E-state index contributed by atoms with van der Waals surface area (Å²) in [6, 6.07) is 15.0. The van der Waals surface area contributed by atoms with E-state index >= 15 is 0 Å². The van der Waals surface area contributed by atoms with Crippen LogP contribution in [0.5, 0.6) is 0 Å². The Morgan fingerprint density at radius 1 is 1.00 bits per heavy atom. The van der Waals surface area contributed by atoms with Crippen molar-refractivity contribution in [2.24, 2.45) is 0 Å². The first-order valence-corrected chi connectivity index (χ1v) is 5.81. The quantitative estimate of drug-likeness (QED) is 0.842. The average Bonchev–Trinajstić information content (AvgIpc) is 2.37. The van der Waals surface area contributed by atoms with Gasteiger partial charge in [-0.3, -0.25) is 0 Å². The van der Waals surface area contributed by atoms with Crippen LogP contribution in [0.4, 0.5) is 0 Å². The van der Waals surface area contributed by atoms with Crippen LogP contribution in [-0.2, 0) is 4.79 Å². The van der Waals surface area contributed by atoms with E-state index in [2.05, 4.69) is 0 Å². The third-order valence-electron chi connectivity index (χ3n) is 2.53. The summed E-state index contributed by atoms with van der Waals surface area (Å²) in [6.07, 6.45) is 2.69. The van der Waals surface area contributed by atoms with E-state index in [-0.39, 0.29) is 0 Å². The second-order valence-electron chi connectivity index (χ2n) is 3.74. The molecule has 0 amide bonds. The van der Waals surface area contributed by atoms with E-state index in [9.17, 15) is 4.79 Å². The molecule has 0 saturated carbocycles. The average molecular weight is 259 g/mol. The molecule has 0 heterocycles. The molecular weight excluding hydrogens is 248 g/mol. The van der Waals surface area contributed by atoms with E-state index in [1.54, 1.807) is 6.08 Å². The zero-order valence-electron chi connectivity index (χ0n) is 9.51. The molecule has 2 nitrogen and oxygen atoms in total. The minimum absolute atomic E-state index is 0.647. The molecule has 0 saturated heterocycles. The highest BCUT2D eigenvalue weighted by atomic mass is 35.5. The number of carboxylic acid groups (broad SMARTS) is 1. The van der Waals surface area contributed by atoms with Crippen molar-refractivity contribution in [2.45, 2.75) is 0 Å². The smallest absolute Gasteiger partial charge is 0.328 e. The lowest BCUT2D eigenvalue weighted by molar-refractivity contribution is -0.131. The Morgan fingerprint density at radius 3 is 2.28 bits per heavy atom. The highest BCUT2D eigenvalue weighted by Gasteiger charge is 2.05. The molecule has 2 aromatic carbocycles. The van der Waals surface area contributed by atoms with Crippen LogP contribution in [0.3, 0.4) is 0 Å². The standard InChI is InChI=1S/C15H11ClO2/c16-14-8-4-3-7-13(14)12-6-2-1-5-11(12)9-10-15(17)18/h1-10H,(H,17,18)/b10-9+. The summed E-state index contributed by atoms with van der Waals surface area (Å²) in [5.74, 6) is -0.969. The Hall–Kier alpha value is -2.06. The molecule has 2 rings (SSSR count). The lowest BCUT2D eigenvalue weighted by Gasteiger charge is -2.07. The largest absolute Gasteiger partial charge is 0.478 e. The van der Waals surface area contributed by atoms with Gasteiger partial charge in [0, 0.05) is 16.7 Å². The predicted octanol–water partition coefficient (Wildman–Crippen LogP) is 4.10. The zero-order chi connectivity index (χ0) is 13.0. The van der Waals surface area contributed by atoms with Crippen LogP contribution < -0.4 is 0 Å². The summed E-state index contributed by atoms with van der Waals surface area (Å²) in [7, 11) is 0. The molecule has 1 N–H and O–H groups in total. The molecule has 0 fully saturated rings. The van der Waals surface area contributed by atoms with Crippen molar-refractivity contribution in [3.05, 3.63) is 65.2 Å². The first-order valence-electron chi connectivity index (χ1n) is 5.43. The summed E-state index contributed by atoms with van der Waals surface area (Å²) in [5, 5.41) is 9.32. The summed E-state index contributed by atoms with van der Waals surface area (Å²) in [6.45, 7) is 0. The number of halogens is 1. The van der Waals surface area contributed by atoms with Gasteiger partial charge in [0.05, 0.1) is 0 Å². The third kappa shape index (κ3) is 2.79. The topological polar surface area (TPSA) is 37.3 Å². The number of benzene rings is 2. The van der Waals surface area contributed by atoms with Crippen LogP contribution in [0, 0.1) is 0 Å². The first-order chi connectivity index (χ1) is 8.68. The van der Waals surface area contributed by atoms with Gasteiger partial charge in [-0.2, -0.15) is 0 Å². The van der Waals surface area contributed by atoms with Crippen molar-refractivity contribution >= 4 is 23.6 Å². The molecule has 2 aromatic rings. The fourth-order valence-electron chi connectivity index (χ4n) is 1.73. The van der Waals surface area contributed by atoms with Crippen LogP contribution in [0.25, 0.3) is 17.2 Å².